The van der Waals surface area contributed by atoms with Gasteiger partial charge in [-0.2, -0.15) is 0 Å². The summed E-state index contributed by atoms with van der Waals surface area (Å²) < 4.78 is 5.36. The molecule has 1 aliphatic rings. The van der Waals surface area contributed by atoms with Gasteiger partial charge in [0.05, 0.1) is 5.92 Å². The first-order valence-corrected chi connectivity index (χ1v) is 8.43. The van der Waals surface area contributed by atoms with Crippen LogP contribution in [0, 0.1) is 5.92 Å². The number of hydrogen-bond donors (Lipinski definition) is 3. The summed E-state index contributed by atoms with van der Waals surface area (Å²) in [7, 11) is 0. The molecule has 0 fully saturated rings. The van der Waals surface area contributed by atoms with Crippen molar-refractivity contribution in [2.75, 3.05) is 5.32 Å². The molecule has 0 saturated carbocycles. The molecule has 0 spiro atoms. The number of carboxylic acid groups (broad SMARTS) is 1. The van der Waals surface area contributed by atoms with Crippen LogP contribution in [0.3, 0.4) is 0 Å². The number of anilines is 1. The number of nitrogens with one attached hydrogen (secondary N) is 2. The van der Waals surface area contributed by atoms with Gasteiger partial charge < -0.3 is 20.1 Å². The molecule has 0 amide bonds. The maximum absolute atomic E-state index is 12.5. The van der Waals surface area contributed by atoms with Gasteiger partial charge in [-0.25, -0.2) is 4.79 Å². The number of hydrogen-bond acceptors (Lipinski definition) is 4. The number of rotatable bonds is 4. The molecule has 6 heteroatoms. The lowest BCUT2D eigenvalue weighted by Gasteiger charge is -2.29. The summed E-state index contributed by atoms with van der Waals surface area (Å²) in [6, 6.07) is 16.1. The van der Waals surface area contributed by atoms with Gasteiger partial charge in [0.15, 0.2) is 0 Å². The Labute approximate surface area is 149 Å². The van der Waals surface area contributed by atoms with Crippen LogP contribution in [0.1, 0.15) is 11.1 Å². The molecule has 0 saturated heterocycles. The zero-order chi connectivity index (χ0) is 18.1. The standard InChI is InChI=1S/C20H18N2O4/c23-19(24)15-10-14-13-8-4-5-9-16(13)21-18(14)22-17(15)20(25)26-11-12-6-2-1-3-7-12/h1-9,15,17,21-22H,10-11H2,(H,23,24)/t15-,17?/m0/s1. The molecule has 1 aromatic heterocycles. The topological polar surface area (TPSA) is 91.4 Å². The Hall–Kier alpha value is -3.28. The molecule has 2 atom stereocenters. The highest BCUT2D eigenvalue weighted by Gasteiger charge is 2.40. The van der Waals surface area contributed by atoms with E-state index in [-0.39, 0.29) is 13.0 Å². The number of carboxylic acids is 1. The Balaban J connectivity index is 1.58. The molecule has 4 rings (SSSR count). The maximum atomic E-state index is 12.5. The van der Waals surface area contributed by atoms with Crippen LogP contribution in [-0.4, -0.2) is 28.1 Å². The van der Waals surface area contributed by atoms with E-state index in [1.165, 1.54) is 0 Å². The zero-order valence-electron chi connectivity index (χ0n) is 13.9. The maximum Gasteiger partial charge on any atom is 0.329 e. The van der Waals surface area contributed by atoms with Crippen LogP contribution in [0.25, 0.3) is 10.9 Å². The van der Waals surface area contributed by atoms with Crippen molar-refractivity contribution in [3.63, 3.8) is 0 Å². The van der Waals surface area contributed by atoms with Crippen molar-refractivity contribution in [1.82, 2.24) is 4.98 Å². The van der Waals surface area contributed by atoms with Gasteiger partial charge in [-0.3, -0.25) is 4.79 Å². The van der Waals surface area contributed by atoms with Gasteiger partial charge in [0, 0.05) is 16.5 Å². The minimum absolute atomic E-state index is 0.115. The fraction of sp³-hybridized carbons (Fsp3) is 0.200. The third-order valence-corrected chi connectivity index (χ3v) is 4.73. The van der Waals surface area contributed by atoms with Gasteiger partial charge in [0.25, 0.3) is 0 Å². The number of aromatic amines is 1. The van der Waals surface area contributed by atoms with Crippen LogP contribution in [0.15, 0.2) is 54.6 Å². The van der Waals surface area contributed by atoms with Crippen molar-refractivity contribution >= 4 is 28.7 Å². The number of H-pyrrole nitrogens is 1. The largest absolute Gasteiger partial charge is 0.481 e. The van der Waals surface area contributed by atoms with E-state index in [4.69, 9.17) is 4.74 Å². The van der Waals surface area contributed by atoms with E-state index in [9.17, 15) is 14.7 Å². The fourth-order valence-corrected chi connectivity index (χ4v) is 3.40. The van der Waals surface area contributed by atoms with E-state index in [1.54, 1.807) is 0 Å². The predicted octanol–water partition coefficient (Wildman–Crippen LogP) is 2.95. The quantitative estimate of drug-likeness (QED) is 0.629. The monoisotopic (exact) mass is 350 g/mol. The molecular weight excluding hydrogens is 332 g/mol. The molecule has 0 aliphatic carbocycles. The Kier molecular flexibility index (Phi) is 4.08. The van der Waals surface area contributed by atoms with E-state index >= 15 is 0 Å². The highest BCUT2D eigenvalue weighted by Crippen LogP contribution is 2.34. The number of carbonyl (C=O) groups excluding carboxylic acids is 1. The second kappa shape index (κ2) is 6.55. The number of fused-ring (bicyclic) bond motifs is 3. The van der Waals surface area contributed by atoms with Crippen LogP contribution in [-0.2, 0) is 27.4 Å². The van der Waals surface area contributed by atoms with Crippen LogP contribution in [0.5, 0.6) is 0 Å². The molecule has 2 heterocycles. The van der Waals surface area contributed by atoms with Gasteiger partial charge in [-0.1, -0.05) is 48.5 Å². The molecule has 3 aromatic rings. The lowest BCUT2D eigenvalue weighted by Crippen LogP contribution is -2.45. The van der Waals surface area contributed by atoms with Crippen molar-refractivity contribution in [1.29, 1.82) is 0 Å². The molecule has 6 nitrogen and oxygen atoms in total. The zero-order valence-corrected chi connectivity index (χ0v) is 13.9. The van der Waals surface area contributed by atoms with Crippen molar-refractivity contribution in [2.24, 2.45) is 5.92 Å². The Morgan fingerprint density at radius 3 is 2.58 bits per heavy atom. The number of esters is 1. The minimum atomic E-state index is -1.02. The number of benzene rings is 2. The van der Waals surface area contributed by atoms with E-state index in [2.05, 4.69) is 10.3 Å². The summed E-state index contributed by atoms with van der Waals surface area (Å²) in [6.45, 7) is 0.115. The molecular formula is C20H18N2O4. The number of ether oxygens (including phenoxy) is 1. The molecule has 3 N–H and O–H groups in total. The Morgan fingerprint density at radius 1 is 1.08 bits per heavy atom. The predicted molar refractivity (Wildman–Crippen MR) is 96.8 cm³/mol. The van der Waals surface area contributed by atoms with Crippen molar-refractivity contribution in [3.8, 4) is 0 Å². The number of aliphatic carboxylic acids is 1. The van der Waals surface area contributed by atoms with Crippen LogP contribution in [0.2, 0.25) is 0 Å². The van der Waals surface area contributed by atoms with Gasteiger partial charge in [-0.05, 0) is 18.1 Å². The first-order chi connectivity index (χ1) is 12.6. The van der Waals surface area contributed by atoms with Gasteiger partial charge in [-0.15, -0.1) is 0 Å². The van der Waals surface area contributed by atoms with Crippen LogP contribution >= 0.6 is 0 Å². The van der Waals surface area contributed by atoms with Crippen LogP contribution in [0.4, 0.5) is 5.82 Å². The van der Waals surface area contributed by atoms with Crippen LogP contribution < -0.4 is 5.32 Å². The van der Waals surface area contributed by atoms with Gasteiger partial charge in [0.1, 0.15) is 18.5 Å². The number of para-hydroxylation sites is 1. The number of carbonyl (C=O) groups is 2. The average Bonchev–Trinajstić information content (AvgIpc) is 3.03. The summed E-state index contributed by atoms with van der Waals surface area (Å²) in [5.41, 5.74) is 2.65. The fourth-order valence-electron chi connectivity index (χ4n) is 3.40. The van der Waals surface area contributed by atoms with E-state index in [0.29, 0.717) is 5.82 Å². The smallest absolute Gasteiger partial charge is 0.329 e. The van der Waals surface area contributed by atoms with E-state index in [0.717, 1.165) is 22.0 Å². The summed E-state index contributed by atoms with van der Waals surface area (Å²) in [6.07, 6.45) is 0.271. The molecule has 0 radical (unpaired) electrons. The molecule has 0 bridgehead atoms. The summed E-state index contributed by atoms with van der Waals surface area (Å²) in [5, 5.41) is 13.6. The van der Waals surface area contributed by atoms with E-state index in [1.807, 2.05) is 54.6 Å². The third-order valence-electron chi connectivity index (χ3n) is 4.73. The SMILES string of the molecule is O=C(OCc1ccccc1)C1Nc2[nH]c3ccccc3c2C[C@@H]1C(=O)O. The van der Waals surface area contributed by atoms with Crippen molar-refractivity contribution in [3.05, 3.63) is 65.7 Å². The second-order valence-corrected chi connectivity index (χ2v) is 6.39. The highest BCUT2D eigenvalue weighted by molar-refractivity contribution is 5.94. The normalized spacial score (nSPS) is 18.8. The van der Waals surface area contributed by atoms with Gasteiger partial charge >= 0.3 is 11.9 Å². The average molecular weight is 350 g/mol. The molecule has 26 heavy (non-hydrogen) atoms. The molecule has 1 unspecified atom stereocenters. The van der Waals surface area contributed by atoms with E-state index < -0.39 is 23.9 Å². The lowest BCUT2D eigenvalue weighted by atomic mass is 9.88. The second-order valence-electron chi connectivity index (χ2n) is 6.39. The molecule has 1 aliphatic heterocycles. The summed E-state index contributed by atoms with van der Waals surface area (Å²) in [4.78, 5) is 27.5. The van der Waals surface area contributed by atoms with Crippen molar-refractivity contribution < 1.29 is 19.4 Å². The summed E-state index contributed by atoms with van der Waals surface area (Å²) in [5.74, 6) is -1.78. The highest BCUT2D eigenvalue weighted by atomic mass is 16.5. The first kappa shape index (κ1) is 16.2. The Bertz CT molecular complexity index is 964. The molecule has 2 aromatic carbocycles. The van der Waals surface area contributed by atoms with Crippen molar-refractivity contribution in [2.45, 2.75) is 19.1 Å². The Morgan fingerprint density at radius 2 is 1.81 bits per heavy atom. The molecule has 132 valence electrons. The third kappa shape index (κ3) is 2.90. The first-order valence-electron chi connectivity index (χ1n) is 8.43. The summed E-state index contributed by atoms with van der Waals surface area (Å²) >= 11 is 0. The van der Waals surface area contributed by atoms with Gasteiger partial charge in [0.2, 0.25) is 0 Å². The minimum Gasteiger partial charge on any atom is -0.481 e. The number of aromatic nitrogens is 1. The lowest BCUT2D eigenvalue weighted by molar-refractivity contribution is -0.153.